The molecule has 1 amide bonds. The molecular weight excluding hydrogens is 345 g/mol. The van der Waals surface area contributed by atoms with E-state index in [2.05, 4.69) is 5.32 Å². The predicted octanol–water partition coefficient (Wildman–Crippen LogP) is 1.89. The number of aliphatic hydroxyl groups is 1. The van der Waals surface area contributed by atoms with Gasteiger partial charge in [0.15, 0.2) is 0 Å². The van der Waals surface area contributed by atoms with Crippen molar-refractivity contribution in [2.75, 3.05) is 13.2 Å². The lowest BCUT2D eigenvalue weighted by molar-refractivity contribution is 0.0940. The first-order chi connectivity index (χ1) is 8.56. The first-order valence-electron chi connectivity index (χ1n) is 5.94. The number of halogens is 1. The van der Waals surface area contributed by atoms with E-state index in [1.54, 1.807) is 12.1 Å². The SMILES string of the molecule is O=C(NCC1(CCO)CC1)c1ccc(I)c(O)c1. The van der Waals surface area contributed by atoms with Crippen molar-refractivity contribution in [2.45, 2.75) is 19.3 Å². The summed E-state index contributed by atoms with van der Waals surface area (Å²) in [5.74, 6) is -0.0503. The van der Waals surface area contributed by atoms with E-state index in [9.17, 15) is 9.90 Å². The van der Waals surface area contributed by atoms with Crippen molar-refractivity contribution < 1.29 is 15.0 Å². The third-order valence-electron chi connectivity index (χ3n) is 3.43. The van der Waals surface area contributed by atoms with Gasteiger partial charge in [0, 0.05) is 18.7 Å². The van der Waals surface area contributed by atoms with Gasteiger partial charge in [-0.15, -0.1) is 0 Å². The third kappa shape index (κ3) is 3.14. The fourth-order valence-electron chi connectivity index (χ4n) is 1.95. The van der Waals surface area contributed by atoms with Gasteiger partial charge in [0.05, 0.1) is 3.57 Å². The van der Waals surface area contributed by atoms with Crippen LogP contribution in [0.2, 0.25) is 0 Å². The molecule has 0 radical (unpaired) electrons. The van der Waals surface area contributed by atoms with E-state index >= 15 is 0 Å². The average Bonchev–Trinajstić information content (AvgIpc) is 3.11. The summed E-state index contributed by atoms with van der Waals surface area (Å²) in [5, 5.41) is 21.4. The molecule has 0 aliphatic heterocycles. The summed E-state index contributed by atoms with van der Waals surface area (Å²) >= 11 is 2.01. The molecule has 0 aromatic heterocycles. The third-order valence-corrected chi connectivity index (χ3v) is 4.34. The van der Waals surface area contributed by atoms with E-state index in [4.69, 9.17) is 5.11 Å². The number of rotatable bonds is 5. The molecule has 18 heavy (non-hydrogen) atoms. The molecule has 5 heteroatoms. The van der Waals surface area contributed by atoms with Crippen LogP contribution in [0.1, 0.15) is 29.6 Å². The van der Waals surface area contributed by atoms with Crippen LogP contribution in [0.4, 0.5) is 0 Å². The second-order valence-electron chi connectivity index (χ2n) is 4.82. The molecule has 1 fully saturated rings. The van der Waals surface area contributed by atoms with Gasteiger partial charge in [-0.05, 0) is 65.5 Å². The Morgan fingerprint density at radius 1 is 1.44 bits per heavy atom. The van der Waals surface area contributed by atoms with Gasteiger partial charge in [-0.3, -0.25) is 4.79 Å². The van der Waals surface area contributed by atoms with Crippen LogP contribution in [0.3, 0.4) is 0 Å². The highest BCUT2D eigenvalue weighted by Gasteiger charge is 2.41. The molecule has 4 nitrogen and oxygen atoms in total. The highest BCUT2D eigenvalue weighted by Crippen LogP contribution is 2.47. The van der Waals surface area contributed by atoms with Gasteiger partial charge in [-0.1, -0.05) is 0 Å². The highest BCUT2D eigenvalue weighted by molar-refractivity contribution is 14.1. The van der Waals surface area contributed by atoms with Crippen LogP contribution in [0.5, 0.6) is 5.75 Å². The lowest BCUT2D eigenvalue weighted by Crippen LogP contribution is -2.30. The highest BCUT2D eigenvalue weighted by atomic mass is 127. The molecule has 0 unspecified atom stereocenters. The summed E-state index contributed by atoms with van der Waals surface area (Å²) in [5.41, 5.74) is 0.572. The van der Waals surface area contributed by atoms with Crippen molar-refractivity contribution in [3.05, 3.63) is 27.3 Å². The number of phenols is 1. The van der Waals surface area contributed by atoms with Crippen LogP contribution < -0.4 is 5.32 Å². The average molecular weight is 361 g/mol. The largest absolute Gasteiger partial charge is 0.507 e. The lowest BCUT2D eigenvalue weighted by atomic mass is 10.0. The monoisotopic (exact) mass is 361 g/mol. The summed E-state index contributed by atoms with van der Waals surface area (Å²) in [7, 11) is 0. The van der Waals surface area contributed by atoms with Crippen molar-refractivity contribution >= 4 is 28.5 Å². The minimum atomic E-state index is -0.175. The minimum Gasteiger partial charge on any atom is -0.507 e. The Morgan fingerprint density at radius 3 is 2.72 bits per heavy atom. The lowest BCUT2D eigenvalue weighted by Gasteiger charge is -2.14. The zero-order valence-electron chi connectivity index (χ0n) is 9.95. The molecule has 1 aromatic rings. The molecule has 1 aromatic carbocycles. The Morgan fingerprint density at radius 2 is 2.17 bits per heavy atom. The summed E-state index contributed by atoms with van der Waals surface area (Å²) in [6.07, 6.45) is 2.86. The Labute approximate surface area is 120 Å². The van der Waals surface area contributed by atoms with Crippen molar-refractivity contribution in [2.24, 2.45) is 5.41 Å². The number of hydrogen-bond acceptors (Lipinski definition) is 3. The van der Waals surface area contributed by atoms with E-state index < -0.39 is 0 Å². The normalized spacial score (nSPS) is 16.3. The van der Waals surface area contributed by atoms with Crippen LogP contribution in [-0.2, 0) is 0 Å². The van der Waals surface area contributed by atoms with Gasteiger partial charge < -0.3 is 15.5 Å². The maximum atomic E-state index is 11.9. The Hall–Kier alpha value is -0.820. The zero-order chi connectivity index (χ0) is 13.2. The molecular formula is C13H16INO3. The Kier molecular flexibility index (Phi) is 4.11. The predicted molar refractivity (Wildman–Crippen MR) is 76.5 cm³/mol. The van der Waals surface area contributed by atoms with Crippen LogP contribution in [-0.4, -0.2) is 29.3 Å². The van der Waals surface area contributed by atoms with Gasteiger partial charge in [-0.25, -0.2) is 0 Å². The number of aromatic hydroxyl groups is 1. The van der Waals surface area contributed by atoms with Crippen LogP contribution >= 0.6 is 22.6 Å². The van der Waals surface area contributed by atoms with Crippen LogP contribution in [0.25, 0.3) is 0 Å². The molecule has 98 valence electrons. The van der Waals surface area contributed by atoms with Gasteiger partial charge >= 0.3 is 0 Å². The van der Waals surface area contributed by atoms with Gasteiger partial charge in [0.1, 0.15) is 5.75 Å². The molecule has 1 aliphatic carbocycles. The van der Waals surface area contributed by atoms with Crippen molar-refractivity contribution in [3.63, 3.8) is 0 Å². The number of nitrogens with one attached hydrogen (secondary N) is 1. The number of carbonyl (C=O) groups excluding carboxylic acids is 1. The molecule has 1 aliphatic rings. The summed E-state index contributed by atoms with van der Waals surface area (Å²) in [6.45, 7) is 0.763. The number of aliphatic hydroxyl groups excluding tert-OH is 1. The van der Waals surface area contributed by atoms with E-state index in [0.29, 0.717) is 12.1 Å². The van der Waals surface area contributed by atoms with E-state index in [-0.39, 0.29) is 23.7 Å². The van der Waals surface area contributed by atoms with E-state index in [1.807, 2.05) is 22.6 Å². The number of benzene rings is 1. The van der Waals surface area contributed by atoms with E-state index in [0.717, 1.165) is 22.8 Å². The fraction of sp³-hybridized carbons (Fsp3) is 0.462. The van der Waals surface area contributed by atoms with Gasteiger partial charge in [0.25, 0.3) is 5.91 Å². The van der Waals surface area contributed by atoms with Crippen LogP contribution in [0.15, 0.2) is 18.2 Å². The topological polar surface area (TPSA) is 69.6 Å². The second-order valence-corrected chi connectivity index (χ2v) is 5.98. The number of carbonyl (C=O) groups is 1. The standard InChI is InChI=1S/C13H16INO3/c14-10-2-1-9(7-11(10)17)12(18)15-8-13(3-4-13)5-6-16/h1-2,7,16-17H,3-6,8H2,(H,15,18). The fourth-order valence-corrected chi connectivity index (χ4v) is 2.29. The molecule has 2 rings (SSSR count). The maximum Gasteiger partial charge on any atom is 0.251 e. The summed E-state index contributed by atoms with van der Waals surface area (Å²) in [4.78, 5) is 11.9. The quantitative estimate of drug-likeness (QED) is 0.702. The first-order valence-corrected chi connectivity index (χ1v) is 7.02. The van der Waals surface area contributed by atoms with Gasteiger partial charge in [0.2, 0.25) is 0 Å². The zero-order valence-corrected chi connectivity index (χ0v) is 12.1. The van der Waals surface area contributed by atoms with Crippen LogP contribution in [0, 0.1) is 8.99 Å². The molecule has 3 N–H and O–H groups in total. The first kappa shape index (κ1) is 13.6. The molecule has 1 saturated carbocycles. The summed E-state index contributed by atoms with van der Waals surface area (Å²) < 4.78 is 0.725. The molecule has 0 heterocycles. The second kappa shape index (κ2) is 5.44. The van der Waals surface area contributed by atoms with Crippen molar-refractivity contribution in [1.82, 2.24) is 5.32 Å². The van der Waals surface area contributed by atoms with Crippen molar-refractivity contribution in [3.8, 4) is 5.75 Å². The molecule has 0 spiro atoms. The number of hydrogen-bond donors (Lipinski definition) is 3. The molecule has 0 atom stereocenters. The molecule has 0 bridgehead atoms. The Bertz CT molecular complexity index is 458. The van der Waals surface area contributed by atoms with E-state index in [1.165, 1.54) is 6.07 Å². The van der Waals surface area contributed by atoms with Gasteiger partial charge in [-0.2, -0.15) is 0 Å². The van der Waals surface area contributed by atoms with Crippen molar-refractivity contribution in [1.29, 1.82) is 0 Å². The molecule has 0 saturated heterocycles. The summed E-state index contributed by atoms with van der Waals surface area (Å²) in [6, 6.07) is 4.89. The smallest absolute Gasteiger partial charge is 0.251 e. The number of phenolic OH excluding ortho intramolecular Hbond substituents is 1. The number of amides is 1. The maximum absolute atomic E-state index is 11.9. The Balaban J connectivity index is 1.93. The minimum absolute atomic E-state index is 0.107.